The van der Waals surface area contributed by atoms with E-state index in [1.165, 1.54) is 6.07 Å². The molecular formula is C29H34N6O4. The molecule has 0 bridgehead atoms. The van der Waals surface area contributed by atoms with Gasteiger partial charge in [-0.2, -0.15) is 10.2 Å². The van der Waals surface area contributed by atoms with Crippen molar-refractivity contribution in [3.63, 3.8) is 0 Å². The molecule has 39 heavy (non-hydrogen) atoms. The Kier molecular flexibility index (Phi) is 8.13. The predicted molar refractivity (Wildman–Crippen MR) is 146 cm³/mol. The van der Waals surface area contributed by atoms with Crippen molar-refractivity contribution >= 4 is 0 Å². The Labute approximate surface area is 227 Å². The average molecular weight is 531 g/mol. The molecule has 3 aromatic heterocycles. The van der Waals surface area contributed by atoms with Gasteiger partial charge in [-0.15, -0.1) is 0 Å². The molecule has 0 amide bonds. The highest BCUT2D eigenvalue weighted by atomic mass is 16.7. The molecule has 0 radical (unpaired) electrons. The standard InChI is InChI=1S/C29H34N6O4/c1-4-10-29(37-13-14-38-29)11-8-21(2)39-25-18-30-28(31-19-25)23-7-5-6-22(15-23)16-26-27(36)9-12-35(33-26)24-17-32-34(3)20-24/h5-7,9,12,15,17-21H,4,8,10-11,13-14,16H2,1-3H3. The van der Waals surface area contributed by atoms with Crippen molar-refractivity contribution in [2.24, 2.45) is 7.05 Å². The molecule has 4 heterocycles. The van der Waals surface area contributed by atoms with Gasteiger partial charge in [-0.1, -0.05) is 31.5 Å². The average Bonchev–Trinajstić information content (AvgIpc) is 3.59. The largest absolute Gasteiger partial charge is 0.487 e. The van der Waals surface area contributed by atoms with Crippen LogP contribution in [-0.2, 0) is 22.9 Å². The first kappa shape index (κ1) is 26.7. The number of benzene rings is 1. The minimum Gasteiger partial charge on any atom is -0.487 e. The molecule has 1 atom stereocenters. The van der Waals surface area contributed by atoms with E-state index in [2.05, 4.69) is 27.1 Å². The summed E-state index contributed by atoms with van der Waals surface area (Å²) in [6.45, 7) is 5.47. The summed E-state index contributed by atoms with van der Waals surface area (Å²) in [5.74, 6) is 0.726. The molecule has 1 fully saturated rings. The summed E-state index contributed by atoms with van der Waals surface area (Å²) in [6, 6.07) is 9.36. The van der Waals surface area contributed by atoms with E-state index in [-0.39, 0.29) is 11.5 Å². The third-order valence-electron chi connectivity index (χ3n) is 6.73. The molecule has 10 nitrogen and oxygen atoms in total. The lowest BCUT2D eigenvalue weighted by Crippen LogP contribution is -2.31. The Bertz CT molecular complexity index is 1440. The first-order chi connectivity index (χ1) is 18.9. The number of rotatable bonds is 11. The van der Waals surface area contributed by atoms with Crippen LogP contribution in [0.5, 0.6) is 5.75 Å². The molecule has 4 aromatic rings. The molecule has 0 aliphatic carbocycles. The molecule has 5 rings (SSSR count). The molecule has 1 aromatic carbocycles. The number of nitrogens with zero attached hydrogens (tertiary/aromatic N) is 6. The van der Waals surface area contributed by atoms with Crippen LogP contribution in [0, 0.1) is 0 Å². The van der Waals surface area contributed by atoms with Gasteiger partial charge in [0.25, 0.3) is 0 Å². The quantitative estimate of drug-likeness (QED) is 0.285. The summed E-state index contributed by atoms with van der Waals surface area (Å²) in [7, 11) is 1.84. The van der Waals surface area contributed by atoms with Crippen LogP contribution < -0.4 is 10.2 Å². The van der Waals surface area contributed by atoms with Gasteiger partial charge in [0, 0.05) is 44.1 Å². The lowest BCUT2D eigenvalue weighted by atomic mass is 10.0. The third kappa shape index (κ3) is 6.58. The summed E-state index contributed by atoms with van der Waals surface area (Å²) in [4.78, 5) is 21.6. The first-order valence-electron chi connectivity index (χ1n) is 13.4. The van der Waals surface area contributed by atoms with Gasteiger partial charge in [0.1, 0.15) is 11.4 Å². The molecule has 1 aliphatic heterocycles. The van der Waals surface area contributed by atoms with Gasteiger partial charge in [-0.05, 0) is 25.0 Å². The van der Waals surface area contributed by atoms with Crippen LogP contribution in [0.2, 0.25) is 0 Å². The van der Waals surface area contributed by atoms with Crippen molar-refractivity contribution in [1.29, 1.82) is 0 Å². The highest BCUT2D eigenvalue weighted by molar-refractivity contribution is 5.56. The van der Waals surface area contributed by atoms with E-state index in [4.69, 9.17) is 14.2 Å². The molecule has 0 saturated carbocycles. The molecule has 1 aliphatic rings. The van der Waals surface area contributed by atoms with Crippen LogP contribution in [0.15, 0.2) is 66.1 Å². The Morgan fingerprint density at radius 2 is 1.90 bits per heavy atom. The Morgan fingerprint density at radius 1 is 1.10 bits per heavy atom. The van der Waals surface area contributed by atoms with E-state index in [0.717, 1.165) is 42.5 Å². The SMILES string of the molecule is CCCC1(CCC(C)Oc2cnc(-c3cccc(Cc4nn(-c5cnn(C)c5)ccc4=O)c3)nc2)OCCO1. The second-order valence-corrected chi connectivity index (χ2v) is 9.89. The number of aryl methyl sites for hydroxylation is 1. The predicted octanol–water partition coefficient (Wildman–Crippen LogP) is 4.10. The van der Waals surface area contributed by atoms with Gasteiger partial charge in [-0.25, -0.2) is 14.6 Å². The van der Waals surface area contributed by atoms with Crippen LogP contribution in [0.1, 0.15) is 50.8 Å². The molecular weight excluding hydrogens is 496 g/mol. The zero-order valence-corrected chi connectivity index (χ0v) is 22.6. The van der Waals surface area contributed by atoms with Crippen molar-refractivity contribution in [2.45, 2.75) is 57.8 Å². The van der Waals surface area contributed by atoms with Crippen molar-refractivity contribution < 1.29 is 14.2 Å². The first-order valence-corrected chi connectivity index (χ1v) is 13.4. The smallest absolute Gasteiger partial charge is 0.203 e. The maximum Gasteiger partial charge on any atom is 0.203 e. The van der Waals surface area contributed by atoms with E-state index in [9.17, 15) is 4.79 Å². The Hall–Kier alpha value is -3.89. The molecule has 0 N–H and O–H groups in total. The summed E-state index contributed by atoms with van der Waals surface area (Å²) >= 11 is 0. The van der Waals surface area contributed by atoms with Crippen LogP contribution in [0.25, 0.3) is 17.1 Å². The minimum absolute atomic E-state index is 0.0293. The maximum atomic E-state index is 12.5. The van der Waals surface area contributed by atoms with E-state index in [0.29, 0.717) is 36.9 Å². The lowest BCUT2D eigenvalue weighted by molar-refractivity contribution is -0.170. The molecule has 0 spiro atoms. The lowest BCUT2D eigenvalue weighted by Gasteiger charge is -2.28. The van der Waals surface area contributed by atoms with E-state index < -0.39 is 5.79 Å². The molecule has 1 saturated heterocycles. The van der Waals surface area contributed by atoms with Gasteiger partial charge >= 0.3 is 0 Å². The number of hydrogen-bond donors (Lipinski definition) is 0. The maximum absolute atomic E-state index is 12.5. The van der Waals surface area contributed by atoms with E-state index in [1.54, 1.807) is 34.2 Å². The fourth-order valence-electron chi connectivity index (χ4n) is 4.79. The van der Waals surface area contributed by atoms with Crippen LogP contribution in [0.4, 0.5) is 0 Å². The second kappa shape index (κ2) is 11.9. The van der Waals surface area contributed by atoms with E-state index >= 15 is 0 Å². The van der Waals surface area contributed by atoms with Crippen molar-refractivity contribution in [2.75, 3.05) is 13.2 Å². The monoisotopic (exact) mass is 530 g/mol. The van der Waals surface area contributed by atoms with Gasteiger partial charge in [0.15, 0.2) is 17.4 Å². The highest BCUT2D eigenvalue weighted by Gasteiger charge is 2.35. The van der Waals surface area contributed by atoms with Gasteiger partial charge in [-0.3, -0.25) is 9.48 Å². The second-order valence-electron chi connectivity index (χ2n) is 9.89. The van der Waals surface area contributed by atoms with Crippen molar-refractivity contribution in [1.82, 2.24) is 29.5 Å². The fraction of sp³-hybridized carbons (Fsp3) is 0.414. The summed E-state index contributed by atoms with van der Waals surface area (Å²) in [5, 5.41) is 8.71. The van der Waals surface area contributed by atoms with Gasteiger partial charge in [0.05, 0.1) is 44.1 Å². The van der Waals surface area contributed by atoms with Crippen LogP contribution >= 0.6 is 0 Å². The van der Waals surface area contributed by atoms with Crippen LogP contribution in [0.3, 0.4) is 0 Å². The summed E-state index contributed by atoms with van der Waals surface area (Å²) < 4.78 is 21.2. The van der Waals surface area contributed by atoms with Crippen molar-refractivity contribution in [3.8, 4) is 22.8 Å². The number of hydrogen-bond acceptors (Lipinski definition) is 8. The van der Waals surface area contributed by atoms with Crippen molar-refractivity contribution in [3.05, 3.63) is 82.8 Å². The number of ether oxygens (including phenoxy) is 3. The van der Waals surface area contributed by atoms with Crippen LogP contribution in [-0.4, -0.2) is 54.6 Å². The minimum atomic E-state index is -0.473. The molecule has 1 unspecified atom stereocenters. The van der Waals surface area contributed by atoms with Gasteiger partial charge in [0.2, 0.25) is 5.43 Å². The zero-order chi connectivity index (χ0) is 27.2. The molecule has 204 valence electrons. The van der Waals surface area contributed by atoms with E-state index in [1.807, 2.05) is 44.4 Å². The Morgan fingerprint density at radius 3 is 2.62 bits per heavy atom. The Balaban J connectivity index is 1.23. The topological polar surface area (TPSA) is 106 Å². The zero-order valence-electron chi connectivity index (χ0n) is 22.6. The third-order valence-corrected chi connectivity index (χ3v) is 6.73. The fourth-order valence-corrected chi connectivity index (χ4v) is 4.79. The summed E-state index contributed by atoms with van der Waals surface area (Å²) in [6.07, 6.45) is 12.4. The number of aromatic nitrogens is 6. The molecule has 10 heteroatoms. The highest BCUT2D eigenvalue weighted by Crippen LogP contribution is 2.31. The normalized spacial score (nSPS) is 15.4. The van der Waals surface area contributed by atoms with Gasteiger partial charge < -0.3 is 14.2 Å². The summed E-state index contributed by atoms with van der Waals surface area (Å²) in [5.41, 5.74) is 2.92.